The normalized spacial score (nSPS) is 7.15. The van der Waals surface area contributed by atoms with Gasteiger partial charge in [0.05, 0.1) is 3.79 Å². The zero-order valence-electron chi connectivity index (χ0n) is 6.74. The van der Waals surface area contributed by atoms with Crippen LogP contribution in [0.5, 0.6) is 0 Å². The molecule has 0 saturated carbocycles. The van der Waals surface area contributed by atoms with Crippen molar-refractivity contribution in [2.75, 3.05) is 0 Å². The van der Waals surface area contributed by atoms with E-state index in [1.165, 1.54) is 3.79 Å². The zero-order chi connectivity index (χ0) is 7.94. The summed E-state index contributed by atoms with van der Waals surface area (Å²) < 4.78 is 1.20. The first-order valence-corrected chi connectivity index (χ1v) is 5.53. The van der Waals surface area contributed by atoms with Gasteiger partial charge in [0, 0.05) is 0 Å². The minimum atomic E-state index is 0. The molecule has 0 aliphatic heterocycles. The monoisotopic (exact) mass is 348 g/mol. The van der Waals surface area contributed by atoms with Crippen LogP contribution >= 0.6 is 38.6 Å². The molecule has 2 heterocycles. The summed E-state index contributed by atoms with van der Waals surface area (Å²) in [6.07, 6.45) is 0. The molecular weight excluding hydrogens is 344 g/mol. The molecule has 13 heavy (non-hydrogen) atoms. The van der Waals surface area contributed by atoms with Gasteiger partial charge in [0.15, 0.2) is 0 Å². The summed E-state index contributed by atoms with van der Waals surface area (Å²) in [5.41, 5.74) is 0. The predicted octanol–water partition coefficient (Wildman–Crippen LogP) is 0.682. The number of halogens is 2. The Bertz CT molecular complexity index is 238. The fourth-order valence-electron chi connectivity index (χ4n) is 0.455. The maximum Gasteiger partial charge on any atom is 2.00 e. The maximum atomic E-state index is 3.30. The summed E-state index contributed by atoms with van der Waals surface area (Å²) in [4.78, 5) is 0. The molecule has 0 unspecified atom stereocenters. The summed E-state index contributed by atoms with van der Waals surface area (Å²) in [7, 11) is 0. The topological polar surface area (TPSA) is 0 Å². The van der Waals surface area contributed by atoms with Crippen molar-refractivity contribution in [1.82, 2.24) is 0 Å². The van der Waals surface area contributed by atoms with E-state index in [4.69, 9.17) is 0 Å². The Morgan fingerprint density at radius 2 is 2.00 bits per heavy atom. The molecular formula is C8H6Br2MgS2. The van der Waals surface area contributed by atoms with E-state index in [0.29, 0.717) is 0 Å². The maximum absolute atomic E-state index is 3.30. The Labute approximate surface area is 121 Å². The van der Waals surface area contributed by atoms with Crippen LogP contribution in [0.1, 0.15) is 0 Å². The second-order valence-corrected chi connectivity index (χ2v) is 4.72. The largest absolute Gasteiger partial charge is 2.00 e. The molecule has 0 aliphatic carbocycles. The van der Waals surface area contributed by atoms with Gasteiger partial charge in [-0.25, -0.2) is 6.07 Å². The molecule has 2 aromatic rings. The summed E-state index contributed by atoms with van der Waals surface area (Å²) >= 11 is 6.58. The molecule has 0 N–H and O–H groups in total. The first-order valence-electron chi connectivity index (χ1n) is 2.98. The Morgan fingerprint density at radius 1 is 1.23 bits per heavy atom. The summed E-state index contributed by atoms with van der Waals surface area (Å²) in [5, 5.41) is 6.92. The molecule has 2 aromatic heterocycles. The smallest absolute Gasteiger partial charge is 1.00 e. The summed E-state index contributed by atoms with van der Waals surface area (Å²) in [6, 6.07) is 7.88. The van der Waals surface area contributed by atoms with Gasteiger partial charge in [-0.1, -0.05) is 6.07 Å². The first-order chi connectivity index (χ1) is 5.39. The van der Waals surface area contributed by atoms with Gasteiger partial charge in [0.2, 0.25) is 0 Å². The fourth-order valence-corrected chi connectivity index (χ4v) is 1.77. The van der Waals surface area contributed by atoms with Crippen molar-refractivity contribution in [3.63, 3.8) is 0 Å². The third kappa shape index (κ3) is 9.43. The third-order valence-corrected chi connectivity index (χ3v) is 2.91. The second-order valence-electron chi connectivity index (χ2n) is 1.65. The standard InChI is InChI=1S/C4H3BrS.C4H3S.BrH.Mg/c5-4-2-1-3-6-4;1-2-4-5-3-1;;/h1-3H;1-3H;1H;/q;-1;;+2/p-1. The van der Waals surface area contributed by atoms with Crippen molar-refractivity contribution in [2.24, 2.45) is 0 Å². The second kappa shape index (κ2) is 11.2. The quantitative estimate of drug-likeness (QED) is 0.484. The molecule has 0 fully saturated rings. The van der Waals surface area contributed by atoms with Gasteiger partial charge in [0.25, 0.3) is 0 Å². The molecule has 0 amide bonds. The molecule has 66 valence electrons. The molecule has 0 saturated heterocycles. The van der Waals surface area contributed by atoms with Crippen LogP contribution in [-0.4, -0.2) is 23.1 Å². The van der Waals surface area contributed by atoms with Gasteiger partial charge in [-0.15, -0.1) is 16.7 Å². The zero-order valence-corrected chi connectivity index (χ0v) is 13.0. The van der Waals surface area contributed by atoms with Crippen LogP contribution in [0.25, 0.3) is 0 Å². The average molecular weight is 350 g/mol. The van der Waals surface area contributed by atoms with E-state index in [9.17, 15) is 0 Å². The van der Waals surface area contributed by atoms with Crippen molar-refractivity contribution >= 4 is 61.7 Å². The van der Waals surface area contributed by atoms with Crippen LogP contribution < -0.4 is 17.0 Å². The summed E-state index contributed by atoms with van der Waals surface area (Å²) in [6.45, 7) is 0. The van der Waals surface area contributed by atoms with Gasteiger partial charge in [0.1, 0.15) is 0 Å². The molecule has 0 spiro atoms. The van der Waals surface area contributed by atoms with Crippen LogP contribution in [0.15, 0.2) is 38.8 Å². The van der Waals surface area contributed by atoms with Crippen LogP contribution in [0, 0.1) is 5.38 Å². The first kappa shape index (κ1) is 16.6. The van der Waals surface area contributed by atoms with Crippen LogP contribution in [-0.2, 0) is 0 Å². The van der Waals surface area contributed by atoms with Gasteiger partial charge in [-0.05, 0) is 27.4 Å². The summed E-state index contributed by atoms with van der Waals surface area (Å²) in [5.74, 6) is 0. The number of hydrogen-bond donors (Lipinski definition) is 0. The van der Waals surface area contributed by atoms with Crippen molar-refractivity contribution in [2.45, 2.75) is 0 Å². The Morgan fingerprint density at radius 3 is 2.15 bits per heavy atom. The SMILES string of the molecule is Brc1cccs1.[Br-].[Mg+2].[c-]1cccs1. The molecule has 0 aromatic carbocycles. The van der Waals surface area contributed by atoms with Crippen LogP contribution in [0.3, 0.4) is 0 Å². The predicted molar refractivity (Wildman–Crippen MR) is 60.9 cm³/mol. The van der Waals surface area contributed by atoms with E-state index >= 15 is 0 Å². The molecule has 0 radical (unpaired) electrons. The van der Waals surface area contributed by atoms with Crippen molar-refractivity contribution in [3.05, 3.63) is 44.2 Å². The number of hydrogen-bond acceptors (Lipinski definition) is 2. The van der Waals surface area contributed by atoms with E-state index in [0.717, 1.165) is 0 Å². The molecule has 0 bridgehead atoms. The minimum absolute atomic E-state index is 0. The van der Waals surface area contributed by atoms with E-state index in [2.05, 4.69) is 21.3 Å². The van der Waals surface area contributed by atoms with Crippen LogP contribution in [0.4, 0.5) is 0 Å². The van der Waals surface area contributed by atoms with Gasteiger partial charge < -0.3 is 28.3 Å². The molecule has 0 aliphatic rings. The van der Waals surface area contributed by atoms with Crippen molar-refractivity contribution in [1.29, 1.82) is 0 Å². The van der Waals surface area contributed by atoms with E-state index in [1.807, 2.05) is 35.0 Å². The molecule has 0 atom stereocenters. The Balaban J connectivity index is 0. The van der Waals surface area contributed by atoms with E-state index in [-0.39, 0.29) is 40.0 Å². The Kier molecular flexibility index (Phi) is 14.3. The van der Waals surface area contributed by atoms with Crippen LogP contribution in [0.2, 0.25) is 0 Å². The van der Waals surface area contributed by atoms with Gasteiger partial charge >= 0.3 is 23.1 Å². The third-order valence-electron chi connectivity index (χ3n) is 0.865. The Hall–Kier alpha value is 1.13. The molecule has 0 nitrogen and oxygen atoms in total. The van der Waals surface area contributed by atoms with Gasteiger partial charge in [-0.3, -0.25) is 0 Å². The number of thiophene rings is 2. The minimum Gasteiger partial charge on any atom is -1.00 e. The van der Waals surface area contributed by atoms with E-state index < -0.39 is 0 Å². The molecule has 5 heteroatoms. The fraction of sp³-hybridized carbons (Fsp3) is 0. The van der Waals surface area contributed by atoms with Crippen molar-refractivity contribution < 1.29 is 17.0 Å². The average Bonchev–Trinajstić information content (AvgIpc) is 2.57. The van der Waals surface area contributed by atoms with Crippen molar-refractivity contribution in [3.8, 4) is 0 Å². The molecule has 2 rings (SSSR count). The van der Waals surface area contributed by atoms with Gasteiger partial charge in [-0.2, -0.15) is 11.4 Å². The van der Waals surface area contributed by atoms with E-state index in [1.54, 1.807) is 22.7 Å². The number of rotatable bonds is 0.